The molecule has 0 saturated heterocycles. The second kappa shape index (κ2) is 6.56. The molecule has 6 nitrogen and oxygen atoms in total. The highest BCUT2D eigenvalue weighted by Gasteiger charge is 2.25. The van der Waals surface area contributed by atoms with Gasteiger partial charge >= 0.3 is 12.0 Å². The molecule has 0 heterocycles. The smallest absolute Gasteiger partial charge is 0.315 e. The van der Waals surface area contributed by atoms with Crippen molar-refractivity contribution in [3.8, 4) is 0 Å². The number of amides is 2. The highest BCUT2D eigenvalue weighted by molar-refractivity contribution is 5.76. The van der Waals surface area contributed by atoms with E-state index in [1.165, 1.54) is 12.8 Å². The molecule has 2 aliphatic rings. The maximum Gasteiger partial charge on any atom is 0.315 e. The number of hydrogen-bond acceptors (Lipinski definition) is 3. The van der Waals surface area contributed by atoms with Gasteiger partial charge < -0.3 is 21.1 Å². The predicted octanol–water partition coefficient (Wildman–Crippen LogP) is 0.457. The Morgan fingerprint density at radius 3 is 2.63 bits per heavy atom. The first-order valence-electron chi connectivity index (χ1n) is 6.84. The van der Waals surface area contributed by atoms with Gasteiger partial charge in [0.2, 0.25) is 0 Å². The Balaban J connectivity index is 1.52. The molecule has 2 unspecified atom stereocenters. The third-order valence-corrected chi connectivity index (χ3v) is 3.37. The maximum absolute atomic E-state index is 11.6. The Kier molecular flexibility index (Phi) is 4.79. The van der Waals surface area contributed by atoms with Crippen LogP contribution in [0.3, 0.4) is 0 Å². The lowest BCUT2D eigenvalue weighted by atomic mass is 10.1. The van der Waals surface area contributed by atoms with E-state index in [2.05, 4.69) is 16.0 Å². The predicted molar refractivity (Wildman–Crippen MR) is 70.8 cm³/mol. The third kappa shape index (κ3) is 4.90. The summed E-state index contributed by atoms with van der Waals surface area (Å²) in [4.78, 5) is 22.3. The van der Waals surface area contributed by atoms with Gasteiger partial charge in [-0.25, -0.2) is 4.79 Å². The molecule has 106 valence electrons. The summed E-state index contributed by atoms with van der Waals surface area (Å²) >= 11 is 0. The summed E-state index contributed by atoms with van der Waals surface area (Å²) in [5, 5.41) is 17.7. The number of carbonyl (C=O) groups excluding carboxylic acids is 1. The van der Waals surface area contributed by atoms with Gasteiger partial charge in [0.05, 0.1) is 12.0 Å². The number of carboxylic acid groups (broad SMARTS) is 1. The van der Waals surface area contributed by atoms with E-state index >= 15 is 0 Å². The molecule has 0 spiro atoms. The molecule has 2 rings (SSSR count). The van der Waals surface area contributed by atoms with Crippen LogP contribution in [0.4, 0.5) is 4.79 Å². The van der Waals surface area contributed by atoms with E-state index in [0.717, 1.165) is 13.0 Å². The normalized spacial score (nSPS) is 25.3. The number of rotatable bonds is 7. The lowest BCUT2D eigenvalue weighted by Gasteiger charge is -2.13. The lowest BCUT2D eigenvalue weighted by molar-refractivity contribution is -0.140. The van der Waals surface area contributed by atoms with Crippen molar-refractivity contribution < 1.29 is 14.7 Å². The Bertz CT molecular complexity index is 366. The van der Waals surface area contributed by atoms with E-state index < -0.39 is 11.9 Å². The molecular weight excluding hydrogens is 246 g/mol. The van der Waals surface area contributed by atoms with Crippen molar-refractivity contribution in [1.82, 2.24) is 16.0 Å². The van der Waals surface area contributed by atoms with E-state index in [1.807, 2.05) is 0 Å². The summed E-state index contributed by atoms with van der Waals surface area (Å²) in [7, 11) is 0. The van der Waals surface area contributed by atoms with Crippen LogP contribution in [0.2, 0.25) is 0 Å². The molecule has 19 heavy (non-hydrogen) atoms. The largest absolute Gasteiger partial charge is 0.481 e. The molecule has 2 amide bonds. The van der Waals surface area contributed by atoms with Crippen LogP contribution in [0, 0.1) is 5.92 Å². The third-order valence-electron chi connectivity index (χ3n) is 3.37. The van der Waals surface area contributed by atoms with Crippen LogP contribution >= 0.6 is 0 Å². The van der Waals surface area contributed by atoms with Crippen molar-refractivity contribution in [3.05, 3.63) is 12.2 Å². The molecule has 0 aromatic heterocycles. The molecule has 6 heteroatoms. The average molecular weight is 267 g/mol. The zero-order valence-corrected chi connectivity index (χ0v) is 10.9. The quantitative estimate of drug-likeness (QED) is 0.398. The Hall–Kier alpha value is -1.56. The first-order valence-corrected chi connectivity index (χ1v) is 6.84. The van der Waals surface area contributed by atoms with Gasteiger partial charge in [-0.05, 0) is 32.2 Å². The van der Waals surface area contributed by atoms with Gasteiger partial charge in [0.25, 0.3) is 0 Å². The van der Waals surface area contributed by atoms with E-state index in [4.69, 9.17) is 5.11 Å². The maximum atomic E-state index is 11.6. The number of nitrogens with one attached hydrogen (secondary N) is 3. The van der Waals surface area contributed by atoms with Gasteiger partial charge in [-0.3, -0.25) is 4.79 Å². The summed E-state index contributed by atoms with van der Waals surface area (Å²) in [6.07, 6.45) is 7.26. The highest BCUT2D eigenvalue weighted by Crippen LogP contribution is 2.18. The topological polar surface area (TPSA) is 90.5 Å². The summed E-state index contributed by atoms with van der Waals surface area (Å²) in [6.45, 7) is 1.56. The Morgan fingerprint density at radius 2 is 2.00 bits per heavy atom. The van der Waals surface area contributed by atoms with Gasteiger partial charge in [-0.2, -0.15) is 0 Å². The van der Waals surface area contributed by atoms with Crippen molar-refractivity contribution in [2.75, 3.05) is 13.1 Å². The summed E-state index contributed by atoms with van der Waals surface area (Å²) < 4.78 is 0. The Labute approximate surface area is 112 Å². The zero-order chi connectivity index (χ0) is 13.7. The van der Waals surface area contributed by atoms with Crippen molar-refractivity contribution in [3.63, 3.8) is 0 Å². The van der Waals surface area contributed by atoms with Gasteiger partial charge in [-0.15, -0.1) is 0 Å². The van der Waals surface area contributed by atoms with Gasteiger partial charge in [-0.1, -0.05) is 12.2 Å². The second-order valence-electron chi connectivity index (χ2n) is 5.15. The number of carboxylic acids is 1. The van der Waals surface area contributed by atoms with Crippen molar-refractivity contribution in [1.29, 1.82) is 0 Å². The van der Waals surface area contributed by atoms with Crippen LogP contribution in [0.15, 0.2) is 12.2 Å². The molecule has 0 radical (unpaired) electrons. The van der Waals surface area contributed by atoms with Crippen molar-refractivity contribution in [2.45, 2.75) is 37.8 Å². The number of carbonyl (C=O) groups is 2. The molecule has 0 aliphatic heterocycles. The molecule has 0 bridgehead atoms. The van der Waals surface area contributed by atoms with E-state index in [1.54, 1.807) is 12.2 Å². The van der Waals surface area contributed by atoms with Crippen LogP contribution < -0.4 is 16.0 Å². The molecular formula is C13H21N3O3. The minimum absolute atomic E-state index is 0.175. The number of aliphatic carboxylic acids is 1. The van der Waals surface area contributed by atoms with Crippen LogP contribution in [0.1, 0.15) is 25.7 Å². The monoisotopic (exact) mass is 267 g/mol. The lowest BCUT2D eigenvalue weighted by Crippen LogP contribution is -2.41. The number of hydrogen-bond donors (Lipinski definition) is 4. The van der Waals surface area contributed by atoms with Crippen molar-refractivity contribution in [2.24, 2.45) is 5.92 Å². The average Bonchev–Trinajstić information content (AvgIpc) is 3.06. The van der Waals surface area contributed by atoms with Crippen molar-refractivity contribution >= 4 is 12.0 Å². The molecule has 0 aromatic carbocycles. The molecule has 0 aromatic rings. The molecule has 4 N–H and O–H groups in total. The number of urea groups is 1. The minimum atomic E-state index is -0.841. The molecule has 2 aliphatic carbocycles. The van der Waals surface area contributed by atoms with E-state index in [0.29, 0.717) is 19.0 Å². The minimum Gasteiger partial charge on any atom is -0.481 e. The van der Waals surface area contributed by atoms with Gasteiger partial charge in [0.1, 0.15) is 0 Å². The first-order chi connectivity index (χ1) is 9.15. The summed E-state index contributed by atoms with van der Waals surface area (Å²) in [5.41, 5.74) is 0. The van der Waals surface area contributed by atoms with E-state index in [9.17, 15) is 9.59 Å². The van der Waals surface area contributed by atoms with Crippen LogP contribution in [0.25, 0.3) is 0 Å². The van der Waals surface area contributed by atoms with Crippen LogP contribution in [-0.2, 0) is 4.79 Å². The summed E-state index contributed by atoms with van der Waals surface area (Å²) in [6, 6.07) is 0.295. The van der Waals surface area contributed by atoms with Gasteiger partial charge in [0, 0.05) is 12.6 Å². The SMILES string of the molecule is O=C(NCCCNC1CC1)NC1C=CC(C(=O)O)C1. The molecule has 1 fully saturated rings. The van der Waals surface area contributed by atoms with E-state index in [-0.39, 0.29) is 12.1 Å². The van der Waals surface area contributed by atoms with Crippen LogP contribution in [0.5, 0.6) is 0 Å². The molecule has 1 saturated carbocycles. The highest BCUT2D eigenvalue weighted by atomic mass is 16.4. The fourth-order valence-electron chi connectivity index (χ4n) is 2.09. The van der Waals surface area contributed by atoms with Gasteiger partial charge in [0.15, 0.2) is 0 Å². The molecule has 2 atom stereocenters. The fourth-order valence-corrected chi connectivity index (χ4v) is 2.09. The zero-order valence-electron chi connectivity index (χ0n) is 10.9. The standard InChI is InChI=1S/C13H21N3O3/c17-12(18)9-2-3-11(8-9)16-13(19)15-7-1-6-14-10-4-5-10/h2-3,9-11,14H,1,4-8H2,(H,17,18)(H2,15,16,19). The Morgan fingerprint density at radius 1 is 1.21 bits per heavy atom. The first kappa shape index (κ1) is 13.9. The second-order valence-corrected chi connectivity index (χ2v) is 5.15. The summed E-state index contributed by atoms with van der Waals surface area (Å²) in [5.74, 6) is -1.32. The van der Waals surface area contributed by atoms with Crippen LogP contribution in [-0.4, -0.2) is 42.3 Å². The fraction of sp³-hybridized carbons (Fsp3) is 0.692.